The van der Waals surface area contributed by atoms with Crippen molar-refractivity contribution in [2.75, 3.05) is 11.1 Å². The van der Waals surface area contributed by atoms with Crippen LogP contribution in [0.25, 0.3) is 0 Å². The summed E-state index contributed by atoms with van der Waals surface area (Å²) >= 11 is 7.09. The minimum Gasteiger partial charge on any atom is -0.394 e. The number of nitrogens with zero attached hydrogens (tertiary/aromatic N) is 2. The molecule has 1 heterocycles. The van der Waals surface area contributed by atoms with Crippen molar-refractivity contribution in [1.29, 1.82) is 0 Å². The van der Waals surface area contributed by atoms with Gasteiger partial charge in [0.2, 0.25) is 5.82 Å². The zero-order valence-corrected chi connectivity index (χ0v) is 16.4. The van der Waals surface area contributed by atoms with Gasteiger partial charge in [0.25, 0.3) is 5.91 Å². The lowest BCUT2D eigenvalue weighted by Gasteiger charge is -2.29. The predicted octanol–water partition coefficient (Wildman–Crippen LogP) is 3.64. The van der Waals surface area contributed by atoms with Crippen molar-refractivity contribution in [3.8, 4) is 0 Å². The van der Waals surface area contributed by atoms with Crippen molar-refractivity contribution in [3.05, 3.63) is 64.4 Å². The standard InChI is InChI=1S/C18H21ClFN5OS/c1-3-18(22,6-7-27-11(2)21)14-8-13(4-5-15(14)20)25-17(26)16-23-9-12(19)10-24-16/h4-5,8-10H,2-3,6-7,21-22H2,1H3,(H,25,26)/t18-/m0/s1. The quantitative estimate of drug-likeness (QED) is 0.614. The van der Waals surface area contributed by atoms with E-state index in [1.165, 1.54) is 42.4 Å². The molecule has 6 nitrogen and oxygen atoms in total. The summed E-state index contributed by atoms with van der Waals surface area (Å²) in [6.45, 7) is 5.51. The molecular weight excluding hydrogens is 389 g/mol. The van der Waals surface area contributed by atoms with Gasteiger partial charge in [0.05, 0.1) is 10.1 Å². The summed E-state index contributed by atoms with van der Waals surface area (Å²) in [5.74, 6) is -0.401. The number of nitrogens with one attached hydrogen (secondary N) is 1. The van der Waals surface area contributed by atoms with Gasteiger partial charge in [0, 0.05) is 34.9 Å². The van der Waals surface area contributed by atoms with Gasteiger partial charge in [-0.2, -0.15) is 0 Å². The number of benzene rings is 1. The van der Waals surface area contributed by atoms with E-state index in [0.717, 1.165) is 0 Å². The Morgan fingerprint density at radius 2 is 2.07 bits per heavy atom. The van der Waals surface area contributed by atoms with Crippen LogP contribution in [0.5, 0.6) is 0 Å². The Bertz CT molecular complexity index is 833. The first-order valence-electron chi connectivity index (χ1n) is 8.20. The molecule has 27 heavy (non-hydrogen) atoms. The molecule has 1 aromatic heterocycles. The lowest BCUT2D eigenvalue weighted by atomic mass is 9.85. The molecule has 1 amide bonds. The summed E-state index contributed by atoms with van der Waals surface area (Å²) in [4.78, 5) is 20.0. The summed E-state index contributed by atoms with van der Waals surface area (Å²) in [5.41, 5.74) is 11.8. The maximum atomic E-state index is 14.5. The first-order valence-corrected chi connectivity index (χ1v) is 9.56. The third-order valence-electron chi connectivity index (χ3n) is 4.05. The van der Waals surface area contributed by atoms with Crippen LogP contribution in [0.15, 0.2) is 42.2 Å². The second-order valence-corrected chi connectivity index (χ2v) is 7.61. The largest absolute Gasteiger partial charge is 0.394 e. The molecule has 5 N–H and O–H groups in total. The van der Waals surface area contributed by atoms with E-state index < -0.39 is 17.3 Å². The van der Waals surface area contributed by atoms with Crippen LogP contribution in [0.4, 0.5) is 10.1 Å². The fourth-order valence-electron chi connectivity index (χ4n) is 2.47. The summed E-state index contributed by atoms with van der Waals surface area (Å²) in [7, 11) is 0. The zero-order chi connectivity index (χ0) is 20.0. The predicted molar refractivity (Wildman–Crippen MR) is 108 cm³/mol. The number of thioether (sulfide) groups is 1. The van der Waals surface area contributed by atoms with Gasteiger partial charge in [-0.3, -0.25) is 4.79 Å². The molecule has 0 aliphatic carbocycles. The van der Waals surface area contributed by atoms with Crippen molar-refractivity contribution in [3.63, 3.8) is 0 Å². The summed E-state index contributed by atoms with van der Waals surface area (Å²) < 4.78 is 14.5. The minimum absolute atomic E-state index is 0.0439. The Kier molecular flexibility index (Phi) is 7.18. The Morgan fingerprint density at radius 3 is 2.67 bits per heavy atom. The Morgan fingerprint density at radius 1 is 1.41 bits per heavy atom. The van der Waals surface area contributed by atoms with Crippen LogP contribution < -0.4 is 16.8 Å². The molecule has 1 atom stereocenters. The van der Waals surface area contributed by atoms with Gasteiger partial charge in [-0.1, -0.05) is 25.1 Å². The van der Waals surface area contributed by atoms with Gasteiger partial charge >= 0.3 is 0 Å². The SMILES string of the molecule is C=C(N)SCC[C@@](N)(CC)c1cc(NC(=O)c2ncc(Cl)cn2)ccc1F. The molecule has 2 rings (SSSR count). The molecule has 1 aromatic carbocycles. The number of anilines is 1. The highest BCUT2D eigenvalue weighted by molar-refractivity contribution is 8.02. The van der Waals surface area contributed by atoms with E-state index in [-0.39, 0.29) is 5.82 Å². The van der Waals surface area contributed by atoms with Gasteiger partial charge in [-0.15, -0.1) is 11.8 Å². The van der Waals surface area contributed by atoms with E-state index in [9.17, 15) is 9.18 Å². The highest BCUT2D eigenvalue weighted by atomic mass is 35.5. The van der Waals surface area contributed by atoms with Gasteiger partial charge in [0.1, 0.15) is 5.82 Å². The van der Waals surface area contributed by atoms with Crippen molar-refractivity contribution >= 4 is 35.0 Å². The van der Waals surface area contributed by atoms with Crippen molar-refractivity contribution in [1.82, 2.24) is 9.97 Å². The Labute approximate surface area is 166 Å². The van der Waals surface area contributed by atoms with Gasteiger partial charge < -0.3 is 16.8 Å². The van der Waals surface area contributed by atoms with Crippen LogP contribution >= 0.6 is 23.4 Å². The molecule has 144 valence electrons. The molecule has 0 spiro atoms. The van der Waals surface area contributed by atoms with Crippen molar-refractivity contribution in [2.45, 2.75) is 25.3 Å². The Balaban J connectivity index is 2.22. The third-order valence-corrected chi connectivity index (χ3v) is 5.02. The molecule has 0 unspecified atom stereocenters. The summed E-state index contributed by atoms with van der Waals surface area (Å²) in [6.07, 6.45) is 3.66. The molecule has 0 bridgehead atoms. The van der Waals surface area contributed by atoms with Crippen LogP contribution in [-0.4, -0.2) is 21.6 Å². The number of nitrogens with two attached hydrogens (primary N) is 2. The van der Waals surface area contributed by atoms with Gasteiger partial charge in [-0.25, -0.2) is 14.4 Å². The molecule has 9 heteroatoms. The van der Waals surface area contributed by atoms with E-state index in [1.807, 2.05) is 6.92 Å². The third kappa shape index (κ3) is 5.66. The topological polar surface area (TPSA) is 107 Å². The zero-order valence-electron chi connectivity index (χ0n) is 14.8. The first-order chi connectivity index (χ1) is 12.7. The van der Waals surface area contributed by atoms with Crippen LogP contribution in [0.2, 0.25) is 5.02 Å². The number of rotatable bonds is 8. The van der Waals surface area contributed by atoms with E-state index in [1.54, 1.807) is 0 Å². The smallest absolute Gasteiger partial charge is 0.293 e. The highest BCUT2D eigenvalue weighted by Crippen LogP contribution is 2.32. The van der Waals surface area contributed by atoms with Crippen LogP contribution in [-0.2, 0) is 5.54 Å². The van der Waals surface area contributed by atoms with Crippen LogP contribution in [0.3, 0.4) is 0 Å². The minimum atomic E-state index is -0.899. The van der Waals surface area contributed by atoms with Gasteiger partial charge in [0.15, 0.2) is 0 Å². The second-order valence-electron chi connectivity index (χ2n) is 5.95. The lowest BCUT2D eigenvalue weighted by Crippen LogP contribution is -2.37. The number of carbonyl (C=O) groups is 1. The number of amides is 1. The first kappa shape index (κ1) is 21.1. The summed E-state index contributed by atoms with van der Waals surface area (Å²) in [6, 6.07) is 4.27. The van der Waals surface area contributed by atoms with Crippen LogP contribution in [0, 0.1) is 5.82 Å². The monoisotopic (exact) mass is 409 g/mol. The normalized spacial score (nSPS) is 13.0. The maximum Gasteiger partial charge on any atom is 0.293 e. The fraction of sp³-hybridized carbons (Fsp3) is 0.278. The molecule has 0 aliphatic heterocycles. The molecule has 0 saturated heterocycles. The number of hydrogen-bond donors (Lipinski definition) is 3. The second kappa shape index (κ2) is 9.16. The van der Waals surface area contributed by atoms with Crippen molar-refractivity contribution in [2.24, 2.45) is 11.5 Å². The number of halogens is 2. The average Bonchev–Trinajstić information content (AvgIpc) is 2.63. The molecule has 2 aromatic rings. The van der Waals surface area contributed by atoms with E-state index in [0.29, 0.717) is 39.9 Å². The van der Waals surface area contributed by atoms with Crippen LogP contribution in [0.1, 0.15) is 35.9 Å². The van der Waals surface area contributed by atoms with E-state index >= 15 is 0 Å². The van der Waals surface area contributed by atoms with E-state index in [2.05, 4.69) is 21.9 Å². The van der Waals surface area contributed by atoms with Crippen molar-refractivity contribution < 1.29 is 9.18 Å². The molecule has 0 fully saturated rings. The molecule has 0 aliphatic rings. The lowest BCUT2D eigenvalue weighted by molar-refractivity contribution is 0.101. The maximum absolute atomic E-state index is 14.5. The van der Waals surface area contributed by atoms with E-state index in [4.69, 9.17) is 23.1 Å². The number of aromatic nitrogens is 2. The average molecular weight is 410 g/mol. The van der Waals surface area contributed by atoms with Gasteiger partial charge in [-0.05, 0) is 31.0 Å². The molecule has 0 radical (unpaired) electrons. The molecule has 0 saturated carbocycles. The molecular formula is C18H21ClFN5OS. The highest BCUT2D eigenvalue weighted by Gasteiger charge is 2.28. The number of hydrogen-bond acceptors (Lipinski definition) is 6. The Hall–Kier alpha value is -2.16. The number of carbonyl (C=O) groups excluding carboxylic acids is 1. The summed E-state index contributed by atoms with van der Waals surface area (Å²) in [5, 5.41) is 3.46. The fourth-order valence-corrected chi connectivity index (χ4v) is 3.29.